The van der Waals surface area contributed by atoms with E-state index < -0.39 is 11.2 Å². The zero-order valence-corrected chi connectivity index (χ0v) is 28.1. The van der Waals surface area contributed by atoms with Crippen LogP contribution in [0.5, 0.6) is 0 Å². The number of hydrogen-bond acceptors (Lipinski definition) is 7. The maximum Gasteiger partial charge on any atom is 0.326 e. The summed E-state index contributed by atoms with van der Waals surface area (Å²) in [5.74, 6) is 0. The molecule has 0 saturated heterocycles. The molecule has 0 unspecified atom stereocenters. The number of hydrogen-bond donors (Lipinski definition) is 5. The van der Waals surface area contributed by atoms with E-state index in [1.54, 1.807) is 12.4 Å². The molecule has 0 amide bonds. The Bertz CT molecular complexity index is 1880. The molecule has 3 aromatic heterocycles. The predicted octanol–water partition coefficient (Wildman–Crippen LogP) is 7.19. The number of nitrogen functional groups attached to an aromatic ring is 1. The molecular weight excluding hydrogens is 688 g/mol. The lowest BCUT2D eigenvalue weighted by atomic mass is 9.83. The van der Waals surface area contributed by atoms with Crippen LogP contribution in [0, 0.1) is 0 Å². The van der Waals surface area contributed by atoms with Crippen molar-refractivity contribution in [2.45, 2.75) is 88.5 Å². The monoisotopic (exact) mass is 724 g/mol. The number of aromatic amines is 1. The van der Waals surface area contributed by atoms with E-state index in [0.29, 0.717) is 24.6 Å². The minimum absolute atomic E-state index is 0.0965. The number of aromatic nitrogens is 4. The number of anilines is 2. The molecule has 0 atom stereocenters. The van der Waals surface area contributed by atoms with Crippen molar-refractivity contribution in [3.05, 3.63) is 68.2 Å². The van der Waals surface area contributed by atoms with Gasteiger partial charge in [0, 0.05) is 31.8 Å². The van der Waals surface area contributed by atoms with Gasteiger partial charge in [0.15, 0.2) is 0 Å². The summed E-state index contributed by atoms with van der Waals surface area (Å²) in [6, 6.07) is 12.4. The van der Waals surface area contributed by atoms with Crippen LogP contribution >= 0.6 is 31.9 Å². The molecule has 7 rings (SSSR count). The molecule has 2 fully saturated rings. The summed E-state index contributed by atoms with van der Waals surface area (Å²) >= 11 is 7.00. The highest BCUT2D eigenvalue weighted by atomic mass is 79.9. The van der Waals surface area contributed by atoms with Gasteiger partial charge in [-0.25, -0.2) is 4.79 Å². The number of H-pyrrole nitrogens is 1. The van der Waals surface area contributed by atoms with Crippen LogP contribution in [0.15, 0.2) is 62.5 Å². The van der Waals surface area contributed by atoms with Crippen LogP contribution in [-0.4, -0.2) is 47.0 Å². The number of imidazole rings is 1. The molecule has 11 heteroatoms. The Morgan fingerprint density at radius 3 is 2.07 bits per heavy atom. The predicted molar refractivity (Wildman–Crippen MR) is 184 cm³/mol. The maximum atomic E-state index is 12.5. The van der Waals surface area contributed by atoms with Crippen molar-refractivity contribution in [3.8, 4) is 0 Å². The zero-order valence-electron chi connectivity index (χ0n) is 24.9. The number of rotatable bonds is 3. The third kappa shape index (κ3) is 6.51. The summed E-state index contributed by atoms with van der Waals surface area (Å²) in [7, 11) is 0. The summed E-state index contributed by atoms with van der Waals surface area (Å²) in [6.45, 7) is 3.79. The molecule has 2 aromatic carbocycles. The van der Waals surface area contributed by atoms with Gasteiger partial charge in [0.2, 0.25) is 0 Å². The molecule has 2 aliphatic rings. The van der Waals surface area contributed by atoms with Gasteiger partial charge in [0.1, 0.15) is 0 Å². The Morgan fingerprint density at radius 1 is 0.886 bits per heavy atom. The van der Waals surface area contributed by atoms with Crippen molar-refractivity contribution < 1.29 is 10.2 Å². The standard InChI is InChI=1S/C17H18BrN3O2.C16H20BrN3O/c1-17(23)6-4-11(5-7-17)21-15-12-8-10(18)2-3-13(12)19-9-14(15)20-16(21)22;1-16(21)6-4-11(5-7-16)20-15-12-8-10(17)2-3-14(12)19-9-13(15)18/h2-3,8-9,11,23H,4-7H2,1H3,(H,20,22);2-3,8-9,11,21H,4-7,18H2,1H3,(H,19,20). The van der Waals surface area contributed by atoms with Crippen LogP contribution in [0.3, 0.4) is 0 Å². The lowest BCUT2D eigenvalue weighted by molar-refractivity contribution is 0.0100. The Hall–Kier alpha value is -2.99. The molecule has 9 nitrogen and oxygen atoms in total. The smallest absolute Gasteiger partial charge is 0.326 e. The molecule has 232 valence electrons. The van der Waals surface area contributed by atoms with Crippen LogP contribution < -0.4 is 16.7 Å². The van der Waals surface area contributed by atoms with Crippen molar-refractivity contribution in [2.24, 2.45) is 0 Å². The fourth-order valence-electron chi connectivity index (χ4n) is 6.54. The summed E-state index contributed by atoms with van der Waals surface area (Å²) in [5, 5.41) is 25.8. The quantitative estimate of drug-likeness (QED) is 0.133. The van der Waals surface area contributed by atoms with E-state index in [0.717, 1.165) is 86.0 Å². The van der Waals surface area contributed by atoms with E-state index >= 15 is 0 Å². The number of nitrogens with two attached hydrogens (primary N) is 1. The third-order valence-electron chi connectivity index (χ3n) is 9.17. The molecule has 2 saturated carbocycles. The minimum atomic E-state index is -0.612. The first-order chi connectivity index (χ1) is 20.9. The molecule has 0 spiro atoms. The minimum Gasteiger partial charge on any atom is -0.396 e. The highest BCUT2D eigenvalue weighted by molar-refractivity contribution is 9.10. The molecule has 2 aliphatic carbocycles. The van der Waals surface area contributed by atoms with E-state index in [9.17, 15) is 15.0 Å². The first-order valence-corrected chi connectivity index (χ1v) is 16.7. The number of benzene rings is 2. The Kier molecular flexibility index (Phi) is 8.51. The van der Waals surface area contributed by atoms with Crippen LogP contribution in [0.4, 0.5) is 11.4 Å². The van der Waals surface area contributed by atoms with Crippen molar-refractivity contribution in [2.75, 3.05) is 11.1 Å². The van der Waals surface area contributed by atoms with Gasteiger partial charge in [-0.1, -0.05) is 31.9 Å². The van der Waals surface area contributed by atoms with Gasteiger partial charge in [0.25, 0.3) is 0 Å². The van der Waals surface area contributed by atoms with Gasteiger partial charge >= 0.3 is 5.69 Å². The van der Waals surface area contributed by atoms with E-state index in [-0.39, 0.29) is 11.7 Å². The highest BCUT2D eigenvalue weighted by Crippen LogP contribution is 2.37. The number of aliphatic hydroxyl groups is 2. The molecular formula is C33H38Br2N6O3. The van der Waals surface area contributed by atoms with Crippen LogP contribution in [-0.2, 0) is 0 Å². The molecule has 0 bridgehead atoms. The Morgan fingerprint density at radius 2 is 1.43 bits per heavy atom. The first kappa shape index (κ1) is 31.0. The molecule has 44 heavy (non-hydrogen) atoms. The second kappa shape index (κ2) is 12.1. The molecule has 6 N–H and O–H groups in total. The lowest BCUT2D eigenvalue weighted by Gasteiger charge is -2.34. The van der Waals surface area contributed by atoms with E-state index in [1.807, 2.05) is 54.8 Å². The summed E-state index contributed by atoms with van der Waals surface area (Å²) in [5.41, 5.74) is 9.98. The Balaban J connectivity index is 0.000000157. The fourth-order valence-corrected chi connectivity index (χ4v) is 7.26. The lowest BCUT2D eigenvalue weighted by Crippen LogP contribution is -2.35. The number of pyridine rings is 2. The number of fused-ring (bicyclic) bond motifs is 4. The number of nitrogens with zero attached hydrogens (tertiary/aromatic N) is 3. The SMILES string of the molecule is CC1(O)CCC(Nc2c(N)cnc3ccc(Br)cc23)CC1.CC1(O)CCC(n2c(=O)[nH]c3cnc4ccc(Br)cc4c32)CC1. The average molecular weight is 727 g/mol. The zero-order chi connectivity index (χ0) is 31.2. The van der Waals surface area contributed by atoms with Gasteiger partial charge in [-0.3, -0.25) is 14.5 Å². The van der Waals surface area contributed by atoms with Gasteiger partial charge in [0.05, 0.1) is 57.0 Å². The van der Waals surface area contributed by atoms with E-state index in [4.69, 9.17) is 5.73 Å². The normalized spacial score (nSPS) is 25.6. The van der Waals surface area contributed by atoms with Crippen LogP contribution in [0.2, 0.25) is 0 Å². The van der Waals surface area contributed by atoms with E-state index in [1.165, 1.54) is 0 Å². The number of halogens is 2. The Labute approximate surface area is 272 Å². The van der Waals surface area contributed by atoms with Gasteiger partial charge in [-0.15, -0.1) is 0 Å². The maximum absolute atomic E-state index is 12.5. The molecule has 0 aliphatic heterocycles. The van der Waals surface area contributed by atoms with Crippen molar-refractivity contribution >= 4 is 76.1 Å². The largest absolute Gasteiger partial charge is 0.396 e. The topological polar surface area (TPSA) is 142 Å². The van der Waals surface area contributed by atoms with Crippen molar-refractivity contribution in [1.82, 2.24) is 19.5 Å². The molecule has 5 aromatic rings. The first-order valence-electron chi connectivity index (χ1n) is 15.1. The van der Waals surface area contributed by atoms with E-state index in [2.05, 4.69) is 52.1 Å². The fraction of sp³-hybridized carbons (Fsp3) is 0.424. The van der Waals surface area contributed by atoms with Gasteiger partial charge in [-0.05, 0) is 102 Å². The number of nitrogens with one attached hydrogen (secondary N) is 2. The summed E-state index contributed by atoms with van der Waals surface area (Å²) < 4.78 is 3.84. The van der Waals surface area contributed by atoms with Gasteiger partial charge in [-0.2, -0.15) is 0 Å². The molecule has 0 radical (unpaired) electrons. The summed E-state index contributed by atoms with van der Waals surface area (Å²) in [4.78, 5) is 24.3. The van der Waals surface area contributed by atoms with Crippen LogP contribution in [0.1, 0.15) is 71.3 Å². The third-order valence-corrected chi connectivity index (χ3v) is 10.2. The second-order valence-corrected chi connectivity index (χ2v) is 14.7. The average Bonchev–Trinajstić information content (AvgIpc) is 3.32. The second-order valence-electron chi connectivity index (χ2n) is 12.9. The van der Waals surface area contributed by atoms with Gasteiger partial charge < -0.3 is 26.2 Å². The van der Waals surface area contributed by atoms with Crippen molar-refractivity contribution in [3.63, 3.8) is 0 Å². The van der Waals surface area contributed by atoms with Crippen LogP contribution in [0.25, 0.3) is 32.8 Å². The summed E-state index contributed by atoms with van der Waals surface area (Å²) in [6.07, 6.45) is 9.99. The highest BCUT2D eigenvalue weighted by Gasteiger charge is 2.31. The molecule has 3 heterocycles. The van der Waals surface area contributed by atoms with Crippen molar-refractivity contribution in [1.29, 1.82) is 0 Å².